The summed E-state index contributed by atoms with van der Waals surface area (Å²) in [5.74, 6) is 1.76. The summed E-state index contributed by atoms with van der Waals surface area (Å²) in [4.78, 5) is 10.7. The Hall–Kier alpha value is -2.56. The minimum atomic E-state index is -3.57. The van der Waals surface area contributed by atoms with Crippen LogP contribution < -0.4 is 0 Å². The second kappa shape index (κ2) is 7.69. The van der Waals surface area contributed by atoms with Crippen molar-refractivity contribution < 1.29 is 12.9 Å². The molecule has 154 valence electrons. The third-order valence-electron chi connectivity index (χ3n) is 5.16. The van der Waals surface area contributed by atoms with E-state index in [1.165, 1.54) is 9.87 Å². The zero-order chi connectivity index (χ0) is 20.6. The van der Waals surface area contributed by atoms with Gasteiger partial charge >= 0.3 is 0 Å². The molecule has 1 aliphatic heterocycles. The van der Waals surface area contributed by atoms with Crippen molar-refractivity contribution in [1.82, 2.24) is 28.9 Å². The highest BCUT2D eigenvalue weighted by Crippen LogP contribution is 2.19. The second-order valence-electron chi connectivity index (χ2n) is 7.30. The summed E-state index contributed by atoms with van der Waals surface area (Å²) < 4.78 is 34.2. The van der Waals surface area contributed by atoms with E-state index in [0.29, 0.717) is 50.3 Å². The highest BCUT2D eigenvalue weighted by Gasteiger charge is 2.31. The summed E-state index contributed by atoms with van der Waals surface area (Å²) >= 11 is 0. The quantitative estimate of drug-likeness (QED) is 0.623. The van der Waals surface area contributed by atoms with Crippen LogP contribution in [0.25, 0.3) is 11.4 Å². The summed E-state index contributed by atoms with van der Waals surface area (Å²) in [5, 5.41) is 4.16. The van der Waals surface area contributed by atoms with E-state index in [0.717, 1.165) is 5.56 Å². The van der Waals surface area contributed by atoms with E-state index >= 15 is 0 Å². The predicted octanol–water partition coefficient (Wildman–Crippen LogP) is 1.59. The zero-order valence-corrected chi connectivity index (χ0v) is 17.6. The van der Waals surface area contributed by atoms with Gasteiger partial charge in [0, 0.05) is 45.0 Å². The first-order valence-electron chi connectivity index (χ1n) is 9.45. The van der Waals surface area contributed by atoms with Crippen molar-refractivity contribution >= 4 is 10.0 Å². The van der Waals surface area contributed by atoms with Crippen molar-refractivity contribution in [2.24, 2.45) is 7.05 Å². The number of hydrogen-bond donors (Lipinski definition) is 0. The lowest BCUT2D eigenvalue weighted by Crippen LogP contribution is -2.48. The Labute approximate surface area is 170 Å². The number of nitrogens with zero attached hydrogens (tertiary/aromatic N) is 6. The number of piperazine rings is 1. The Balaban J connectivity index is 1.37. The average molecular weight is 417 g/mol. The Morgan fingerprint density at radius 1 is 1.03 bits per heavy atom. The number of imidazole rings is 1. The van der Waals surface area contributed by atoms with E-state index < -0.39 is 10.0 Å². The van der Waals surface area contributed by atoms with Gasteiger partial charge in [0.25, 0.3) is 10.0 Å². The largest absolute Gasteiger partial charge is 0.338 e. The fourth-order valence-corrected chi connectivity index (χ4v) is 4.69. The third-order valence-corrected chi connectivity index (χ3v) is 6.93. The molecule has 3 aromatic rings. The van der Waals surface area contributed by atoms with Gasteiger partial charge in [-0.25, -0.2) is 13.4 Å². The van der Waals surface area contributed by atoms with Gasteiger partial charge < -0.3 is 9.09 Å². The molecule has 3 heterocycles. The van der Waals surface area contributed by atoms with Crippen LogP contribution in [0.2, 0.25) is 0 Å². The molecule has 1 saturated heterocycles. The van der Waals surface area contributed by atoms with Gasteiger partial charge in [0.2, 0.25) is 11.7 Å². The van der Waals surface area contributed by atoms with E-state index in [4.69, 9.17) is 4.52 Å². The van der Waals surface area contributed by atoms with Crippen LogP contribution in [-0.4, -0.2) is 63.5 Å². The molecule has 0 aliphatic carbocycles. The molecule has 4 rings (SSSR count). The van der Waals surface area contributed by atoms with E-state index in [1.807, 2.05) is 31.2 Å². The summed E-state index contributed by atoms with van der Waals surface area (Å²) in [7, 11) is -1.79. The van der Waals surface area contributed by atoms with Gasteiger partial charge in [-0.15, -0.1) is 0 Å². The van der Waals surface area contributed by atoms with Crippen molar-refractivity contribution in [2.45, 2.75) is 25.4 Å². The average Bonchev–Trinajstić information content (AvgIpc) is 3.30. The first-order chi connectivity index (χ1) is 13.8. The number of sulfonamides is 1. The van der Waals surface area contributed by atoms with Crippen molar-refractivity contribution in [1.29, 1.82) is 0 Å². The number of aromatic nitrogens is 4. The topological polar surface area (TPSA) is 97.4 Å². The van der Waals surface area contributed by atoms with Gasteiger partial charge in [-0.05, 0) is 13.8 Å². The molecule has 9 nitrogen and oxygen atoms in total. The van der Waals surface area contributed by atoms with Crippen LogP contribution in [0.1, 0.15) is 17.3 Å². The zero-order valence-electron chi connectivity index (χ0n) is 16.7. The van der Waals surface area contributed by atoms with Crippen molar-refractivity contribution in [3.8, 4) is 11.4 Å². The Kier molecular flexibility index (Phi) is 5.24. The predicted molar refractivity (Wildman–Crippen MR) is 106 cm³/mol. The molecular formula is C19H24N6O3S. The van der Waals surface area contributed by atoms with Crippen molar-refractivity contribution in [2.75, 3.05) is 26.2 Å². The monoisotopic (exact) mass is 416 g/mol. The first kappa shape index (κ1) is 19.7. The molecule has 0 N–H and O–H groups in total. The van der Waals surface area contributed by atoms with Crippen LogP contribution >= 0.6 is 0 Å². The van der Waals surface area contributed by atoms with Gasteiger partial charge in [0.05, 0.1) is 6.54 Å². The van der Waals surface area contributed by atoms with Crippen LogP contribution in [0.3, 0.4) is 0 Å². The summed E-state index contributed by atoms with van der Waals surface area (Å²) in [6, 6.07) is 7.95. The maximum atomic E-state index is 12.8. The lowest BCUT2D eigenvalue weighted by Gasteiger charge is -2.32. The van der Waals surface area contributed by atoms with E-state index in [1.54, 1.807) is 24.7 Å². The molecule has 0 atom stereocenters. The molecule has 0 bridgehead atoms. The smallest absolute Gasteiger partial charge is 0.262 e. The normalized spacial score (nSPS) is 16.4. The van der Waals surface area contributed by atoms with Crippen molar-refractivity contribution in [3.63, 3.8) is 0 Å². The van der Waals surface area contributed by atoms with Crippen molar-refractivity contribution in [3.05, 3.63) is 47.7 Å². The second-order valence-corrected chi connectivity index (χ2v) is 9.18. The third kappa shape index (κ3) is 4.09. The molecule has 1 fully saturated rings. The molecule has 0 unspecified atom stereocenters. The van der Waals surface area contributed by atoms with Crippen LogP contribution in [0.4, 0.5) is 0 Å². The number of hydrogen-bond acceptors (Lipinski definition) is 7. The molecule has 29 heavy (non-hydrogen) atoms. The fraction of sp³-hybridized carbons (Fsp3) is 0.421. The SMILES string of the molecule is Cc1ccc(-c2noc(CN3CCN(S(=O)(=O)c4cn(C)c(C)n4)CC3)n2)cc1. The maximum Gasteiger partial charge on any atom is 0.262 e. The molecule has 10 heteroatoms. The van der Waals surface area contributed by atoms with Gasteiger partial charge in [-0.2, -0.15) is 9.29 Å². The Bertz CT molecular complexity index is 1080. The molecule has 2 aromatic heterocycles. The highest BCUT2D eigenvalue weighted by molar-refractivity contribution is 7.89. The molecule has 0 radical (unpaired) electrons. The molecule has 1 aliphatic rings. The van der Waals surface area contributed by atoms with Crippen LogP contribution in [0.15, 0.2) is 40.0 Å². The maximum absolute atomic E-state index is 12.8. The van der Waals surface area contributed by atoms with E-state index in [9.17, 15) is 8.42 Å². The van der Waals surface area contributed by atoms with Gasteiger partial charge in [0.1, 0.15) is 5.82 Å². The summed E-state index contributed by atoms with van der Waals surface area (Å²) in [6.45, 7) is 6.29. The molecule has 0 saturated carbocycles. The van der Waals surface area contributed by atoms with Crippen LogP contribution in [-0.2, 0) is 23.6 Å². The Morgan fingerprint density at radius 3 is 2.34 bits per heavy atom. The molecular weight excluding hydrogens is 392 g/mol. The first-order valence-corrected chi connectivity index (χ1v) is 10.9. The Morgan fingerprint density at radius 2 is 1.72 bits per heavy atom. The minimum Gasteiger partial charge on any atom is -0.338 e. The number of benzene rings is 1. The van der Waals surface area contributed by atoms with Gasteiger partial charge in [-0.1, -0.05) is 35.0 Å². The lowest BCUT2D eigenvalue weighted by atomic mass is 10.1. The van der Waals surface area contributed by atoms with E-state index in [-0.39, 0.29) is 5.03 Å². The van der Waals surface area contributed by atoms with Gasteiger partial charge in [-0.3, -0.25) is 4.90 Å². The number of aryl methyl sites for hydroxylation is 3. The minimum absolute atomic E-state index is 0.102. The molecule has 0 amide bonds. The lowest BCUT2D eigenvalue weighted by molar-refractivity contribution is 0.163. The standard InChI is InChI=1S/C19H24N6O3S/c1-14-4-6-16(7-5-14)19-21-17(28-22-19)12-24-8-10-25(11-9-24)29(26,27)18-13-23(3)15(2)20-18/h4-7,13H,8-12H2,1-3H3. The fourth-order valence-electron chi connectivity index (χ4n) is 3.24. The molecule has 0 spiro atoms. The highest BCUT2D eigenvalue weighted by atomic mass is 32.2. The van der Waals surface area contributed by atoms with Gasteiger partial charge in [0.15, 0.2) is 5.03 Å². The molecule has 1 aromatic carbocycles. The van der Waals surface area contributed by atoms with Crippen LogP contribution in [0, 0.1) is 13.8 Å². The summed E-state index contributed by atoms with van der Waals surface area (Å²) in [5.41, 5.74) is 2.08. The van der Waals surface area contributed by atoms with Crippen LogP contribution in [0.5, 0.6) is 0 Å². The number of rotatable bonds is 5. The summed E-state index contributed by atoms with van der Waals surface area (Å²) in [6.07, 6.45) is 1.56. The van der Waals surface area contributed by atoms with E-state index in [2.05, 4.69) is 20.0 Å².